The van der Waals surface area contributed by atoms with Crippen molar-refractivity contribution in [3.8, 4) is 0 Å². The van der Waals surface area contributed by atoms with Gasteiger partial charge < -0.3 is 13.9 Å². The monoisotopic (exact) mass is 279 g/mol. The van der Waals surface area contributed by atoms with E-state index in [1.165, 1.54) is 0 Å². The predicted octanol–water partition coefficient (Wildman–Crippen LogP) is 2.87. The summed E-state index contributed by atoms with van der Waals surface area (Å²) in [5, 5.41) is 0.463. The maximum Gasteiger partial charge on any atom is 0.360 e. The highest BCUT2D eigenvalue weighted by Gasteiger charge is 2.21. The lowest BCUT2D eigenvalue weighted by molar-refractivity contribution is 0.0519. The summed E-state index contributed by atoms with van der Waals surface area (Å²) in [7, 11) is 0.519. The van der Waals surface area contributed by atoms with Crippen molar-refractivity contribution in [1.82, 2.24) is 4.40 Å². The molecule has 6 heteroatoms. The van der Waals surface area contributed by atoms with E-state index in [-0.39, 0.29) is 0 Å². The first-order valence-electron chi connectivity index (χ1n) is 6.00. The number of fused-ring (bicyclic) bond motifs is 1. The molecular formula is C13H14NO4P. The van der Waals surface area contributed by atoms with Crippen molar-refractivity contribution in [3.05, 3.63) is 35.1 Å². The molecule has 0 amide bonds. The van der Waals surface area contributed by atoms with Crippen LogP contribution in [0.3, 0.4) is 0 Å². The molecule has 19 heavy (non-hydrogen) atoms. The number of carbonyl (C=O) groups is 2. The molecule has 2 aromatic heterocycles. The van der Waals surface area contributed by atoms with E-state index in [0.29, 0.717) is 37.6 Å². The molecule has 0 spiro atoms. The van der Waals surface area contributed by atoms with Gasteiger partial charge in [-0.2, -0.15) is 0 Å². The lowest BCUT2D eigenvalue weighted by atomic mass is 10.3. The highest BCUT2D eigenvalue weighted by molar-refractivity contribution is 7.35. The first-order chi connectivity index (χ1) is 9.19. The van der Waals surface area contributed by atoms with Crippen LogP contribution in [-0.4, -0.2) is 29.6 Å². The van der Waals surface area contributed by atoms with Crippen molar-refractivity contribution in [2.24, 2.45) is 0 Å². The summed E-state index contributed by atoms with van der Waals surface area (Å²) < 4.78 is 11.7. The fourth-order valence-electron chi connectivity index (χ4n) is 1.73. The molecule has 0 saturated carbocycles. The molecule has 2 heterocycles. The van der Waals surface area contributed by atoms with Crippen molar-refractivity contribution in [1.29, 1.82) is 0 Å². The number of rotatable bonds is 4. The van der Waals surface area contributed by atoms with E-state index in [2.05, 4.69) is 0 Å². The summed E-state index contributed by atoms with van der Waals surface area (Å²) in [4.78, 5) is 23.8. The zero-order chi connectivity index (χ0) is 13.8. The molecule has 2 aromatic rings. The largest absolute Gasteiger partial charge is 0.462 e. The molecule has 5 nitrogen and oxygen atoms in total. The van der Waals surface area contributed by atoms with Gasteiger partial charge in [-0.1, -0.05) is 6.07 Å². The number of hydrogen-bond acceptors (Lipinski definition) is 4. The van der Waals surface area contributed by atoms with Gasteiger partial charge in [-0.15, -0.1) is 0 Å². The number of pyridine rings is 1. The van der Waals surface area contributed by atoms with Gasteiger partial charge in [0, 0.05) is 6.20 Å². The standard InChI is InChI=1S/C13H14NO4P/c1-3-17-12(15)10-9-7-5-6-8-14(9)11(19-10)13(16)18-4-2/h5-8H,3-4H2,1-2H3. The van der Waals surface area contributed by atoms with Crippen molar-refractivity contribution in [2.45, 2.75) is 13.8 Å². The minimum Gasteiger partial charge on any atom is -0.462 e. The van der Waals surface area contributed by atoms with E-state index in [1.807, 2.05) is 6.07 Å². The van der Waals surface area contributed by atoms with Gasteiger partial charge in [0.1, 0.15) is 5.30 Å². The summed E-state index contributed by atoms with van der Waals surface area (Å²) in [5.74, 6) is -0.815. The van der Waals surface area contributed by atoms with E-state index < -0.39 is 11.9 Å². The molecule has 0 fully saturated rings. The number of hydrogen-bond donors (Lipinski definition) is 0. The predicted molar refractivity (Wildman–Crippen MR) is 71.8 cm³/mol. The van der Waals surface area contributed by atoms with Gasteiger partial charge in [-0.25, -0.2) is 9.59 Å². The van der Waals surface area contributed by atoms with Crippen LogP contribution in [0.1, 0.15) is 34.2 Å². The molecule has 0 N–H and O–H groups in total. The smallest absolute Gasteiger partial charge is 0.360 e. The van der Waals surface area contributed by atoms with E-state index in [4.69, 9.17) is 9.47 Å². The zero-order valence-corrected chi connectivity index (χ0v) is 11.6. The first kappa shape index (κ1) is 13.6. The summed E-state index contributed by atoms with van der Waals surface area (Å²) >= 11 is 0. The number of esters is 2. The Bertz CT molecular complexity index is 568. The van der Waals surface area contributed by atoms with Crippen LogP contribution in [0.2, 0.25) is 0 Å². The molecule has 0 aliphatic rings. The number of ether oxygens (including phenoxy) is 2. The topological polar surface area (TPSA) is 57.0 Å². The molecule has 0 atom stereocenters. The molecule has 0 saturated heterocycles. The summed E-state index contributed by atoms with van der Waals surface area (Å²) in [6, 6.07) is 5.40. The van der Waals surface area contributed by atoms with Crippen LogP contribution in [0.25, 0.3) is 5.52 Å². The molecular weight excluding hydrogens is 265 g/mol. The quantitative estimate of drug-likeness (QED) is 0.807. The number of carbonyl (C=O) groups excluding carboxylic acids is 2. The van der Waals surface area contributed by atoms with Gasteiger partial charge in [-0.3, -0.25) is 0 Å². The fourth-order valence-corrected chi connectivity index (χ4v) is 2.83. The van der Waals surface area contributed by atoms with Crippen LogP contribution < -0.4 is 0 Å². The zero-order valence-electron chi connectivity index (χ0n) is 10.8. The second kappa shape index (κ2) is 5.85. The van der Waals surface area contributed by atoms with Crippen LogP contribution in [-0.2, 0) is 9.47 Å². The Morgan fingerprint density at radius 1 is 1.16 bits per heavy atom. The van der Waals surface area contributed by atoms with Crippen LogP contribution in [0, 0.1) is 0 Å². The Labute approximate surface area is 112 Å². The van der Waals surface area contributed by atoms with Gasteiger partial charge in [0.15, 0.2) is 5.43 Å². The third-order valence-electron chi connectivity index (χ3n) is 2.48. The number of aromatic nitrogens is 1. The van der Waals surface area contributed by atoms with E-state index in [1.54, 1.807) is 36.6 Å². The van der Waals surface area contributed by atoms with Gasteiger partial charge in [0.25, 0.3) is 0 Å². The van der Waals surface area contributed by atoms with Crippen LogP contribution >= 0.6 is 8.19 Å². The fraction of sp³-hybridized carbons (Fsp3) is 0.308. The average molecular weight is 279 g/mol. The third-order valence-corrected chi connectivity index (χ3v) is 3.72. The SMILES string of the molecule is CCOC(=O)c1pc(C(=O)OCC)n2ccccc12. The Balaban J connectivity index is 2.54. The van der Waals surface area contributed by atoms with E-state index >= 15 is 0 Å². The van der Waals surface area contributed by atoms with Gasteiger partial charge in [0.2, 0.25) is 0 Å². The third kappa shape index (κ3) is 2.61. The van der Waals surface area contributed by atoms with Gasteiger partial charge in [-0.05, 0) is 34.2 Å². The Morgan fingerprint density at radius 2 is 1.84 bits per heavy atom. The van der Waals surface area contributed by atoms with E-state index in [0.717, 1.165) is 0 Å². The summed E-state index contributed by atoms with van der Waals surface area (Å²) in [6.07, 6.45) is 1.74. The van der Waals surface area contributed by atoms with Crippen molar-refractivity contribution < 1.29 is 19.1 Å². The molecule has 2 rings (SSSR count). The Kier molecular flexibility index (Phi) is 4.17. The van der Waals surface area contributed by atoms with E-state index in [9.17, 15) is 9.59 Å². The molecule has 100 valence electrons. The minimum absolute atomic E-state index is 0.301. The van der Waals surface area contributed by atoms with Gasteiger partial charge >= 0.3 is 11.9 Å². The average Bonchev–Trinajstić information content (AvgIpc) is 2.79. The van der Waals surface area contributed by atoms with Crippen LogP contribution in [0.5, 0.6) is 0 Å². The number of nitrogens with zero attached hydrogens (tertiary/aromatic N) is 1. The second-order valence-corrected chi connectivity index (χ2v) is 4.78. The van der Waals surface area contributed by atoms with Gasteiger partial charge in [0.05, 0.1) is 18.7 Å². The van der Waals surface area contributed by atoms with Crippen molar-refractivity contribution in [2.75, 3.05) is 13.2 Å². The Morgan fingerprint density at radius 3 is 2.53 bits per heavy atom. The van der Waals surface area contributed by atoms with Crippen molar-refractivity contribution in [3.63, 3.8) is 0 Å². The maximum atomic E-state index is 11.9. The molecule has 0 aliphatic heterocycles. The maximum absolute atomic E-state index is 11.9. The second-order valence-electron chi connectivity index (χ2n) is 3.68. The molecule has 0 radical (unpaired) electrons. The first-order valence-corrected chi connectivity index (χ1v) is 6.89. The van der Waals surface area contributed by atoms with Crippen LogP contribution in [0.4, 0.5) is 0 Å². The Hall–Kier alpha value is -1.87. The van der Waals surface area contributed by atoms with Crippen molar-refractivity contribution >= 4 is 25.6 Å². The molecule has 0 unspecified atom stereocenters. The summed E-state index contributed by atoms with van der Waals surface area (Å²) in [5.41, 5.74) is 1.09. The molecule has 0 bridgehead atoms. The summed E-state index contributed by atoms with van der Waals surface area (Å²) in [6.45, 7) is 4.10. The highest BCUT2D eigenvalue weighted by Crippen LogP contribution is 2.29. The molecule has 0 aliphatic carbocycles. The minimum atomic E-state index is -0.416. The highest BCUT2D eigenvalue weighted by atomic mass is 31.0. The normalized spacial score (nSPS) is 10.8. The molecule has 0 aromatic carbocycles. The lowest BCUT2D eigenvalue weighted by Gasteiger charge is -2.01. The lowest BCUT2D eigenvalue weighted by Crippen LogP contribution is -2.06. The van der Waals surface area contributed by atoms with Crippen LogP contribution in [0.15, 0.2) is 24.4 Å².